The number of amides is 1. The molecule has 1 aromatic rings. The summed E-state index contributed by atoms with van der Waals surface area (Å²) in [5.41, 5.74) is 1.52. The molecule has 1 saturated carbocycles. The molecule has 1 aromatic carbocycles. The summed E-state index contributed by atoms with van der Waals surface area (Å²) in [5.74, 6) is 0.158. The highest BCUT2D eigenvalue weighted by Gasteiger charge is 2.36. The molecule has 1 amide bonds. The molecular weight excluding hydrogens is 272 g/mol. The Hall–Kier alpha value is -1.35. The van der Waals surface area contributed by atoms with Gasteiger partial charge in [0.05, 0.1) is 6.04 Å². The van der Waals surface area contributed by atoms with Gasteiger partial charge in [0.25, 0.3) is 0 Å². The van der Waals surface area contributed by atoms with Crippen LogP contribution in [0.25, 0.3) is 0 Å². The molecule has 1 aliphatic carbocycles. The van der Waals surface area contributed by atoms with Crippen LogP contribution in [0.4, 0.5) is 0 Å². The van der Waals surface area contributed by atoms with Crippen LogP contribution in [-0.4, -0.2) is 36.5 Å². The summed E-state index contributed by atoms with van der Waals surface area (Å²) in [6.45, 7) is 8.81. The van der Waals surface area contributed by atoms with Crippen LogP contribution in [0.1, 0.15) is 52.0 Å². The maximum Gasteiger partial charge on any atom is 0.237 e. The molecule has 1 atom stereocenters. The molecule has 0 bridgehead atoms. The molecule has 0 saturated heterocycles. The van der Waals surface area contributed by atoms with Gasteiger partial charge in [-0.15, -0.1) is 0 Å². The van der Waals surface area contributed by atoms with Crippen molar-refractivity contribution in [3.05, 3.63) is 35.9 Å². The fraction of sp³-hybridized carbons (Fsp3) is 0.632. The summed E-state index contributed by atoms with van der Waals surface area (Å²) in [6.07, 6.45) is 4.88. The van der Waals surface area contributed by atoms with Gasteiger partial charge in [-0.25, -0.2) is 0 Å². The maximum atomic E-state index is 12.5. The van der Waals surface area contributed by atoms with Gasteiger partial charge in [-0.05, 0) is 38.4 Å². The van der Waals surface area contributed by atoms with Gasteiger partial charge in [0.1, 0.15) is 0 Å². The summed E-state index contributed by atoms with van der Waals surface area (Å²) < 4.78 is 0. The SMILES string of the molecule is CCN(CC)[C@H](C)C(=O)NCC1(c2ccccc2)CCCC1. The predicted octanol–water partition coefficient (Wildman–Crippen LogP) is 3.34. The van der Waals surface area contributed by atoms with Crippen LogP contribution in [0.3, 0.4) is 0 Å². The van der Waals surface area contributed by atoms with Crippen LogP contribution >= 0.6 is 0 Å². The molecule has 1 N–H and O–H groups in total. The van der Waals surface area contributed by atoms with Crippen LogP contribution < -0.4 is 5.32 Å². The molecular formula is C19H30N2O. The fourth-order valence-corrected chi connectivity index (χ4v) is 3.75. The Bertz CT molecular complexity index is 462. The van der Waals surface area contributed by atoms with E-state index in [1.807, 2.05) is 6.92 Å². The minimum absolute atomic E-state index is 0.0516. The lowest BCUT2D eigenvalue weighted by atomic mass is 9.79. The molecule has 22 heavy (non-hydrogen) atoms. The van der Waals surface area contributed by atoms with Gasteiger partial charge >= 0.3 is 0 Å². The second-order valence-electron chi connectivity index (χ2n) is 6.47. The molecule has 0 aromatic heterocycles. The maximum absolute atomic E-state index is 12.5. The molecule has 3 heteroatoms. The van der Waals surface area contributed by atoms with Gasteiger partial charge < -0.3 is 5.32 Å². The lowest BCUT2D eigenvalue weighted by Crippen LogP contribution is -2.48. The van der Waals surface area contributed by atoms with E-state index in [1.165, 1.54) is 31.2 Å². The summed E-state index contributed by atoms with van der Waals surface area (Å²) in [5, 5.41) is 3.23. The molecule has 2 rings (SSSR count). The quantitative estimate of drug-likeness (QED) is 0.838. The van der Waals surface area contributed by atoms with E-state index in [-0.39, 0.29) is 17.4 Å². The lowest BCUT2D eigenvalue weighted by molar-refractivity contribution is -0.126. The molecule has 0 unspecified atom stereocenters. The van der Waals surface area contributed by atoms with Gasteiger partial charge in [0, 0.05) is 12.0 Å². The molecule has 122 valence electrons. The Labute approximate surface area is 135 Å². The number of nitrogens with one attached hydrogen (secondary N) is 1. The Morgan fingerprint density at radius 2 is 1.77 bits per heavy atom. The first-order chi connectivity index (χ1) is 10.6. The summed E-state index contributed by atoms with van der Waals surface area (Å²) in [4.78, 5) is 14.7. The third-order valence-electron chi connectivity index (χ3n) is 5.29. The number of hydrogen-bond donors (Lipinski definition) is 1. The van der Waals surface area contributed by atoms with Gasteiger partial charge in [0.15, 0.2) is 0 Å². The summed E-state index contributed by atoms with van der Waals surface area (Å²) in [6, 6.07) is 10.7. The molecule has 1 fully saturated rings. The van der Waals surface area contributed by atoms with E-state index in [0.29, 0.717) is 0 Å². The average molecular weight is 302 g/mol. The van der Waals surface area contributed by atoms with E-state index in [4.69, 9.17) is 0 Å². The number of nitrogens with zero attached hydrogens (tertiary/aromatic N) is 1. The zero-order valence-electron chi connectivity index (χ0n) is 14.3. The van der Waals surface area contributed by atoms with Gasteiger partial charge in [-0.2, -0.15) is 0 Å². The number of rotatable bonds is 7. The minimum Gasteiger partial charge on any atom is -0.354 e. The molecule has 1 aliphatic rings. The van der Waals surface area contributed by atoms with Crippen molar-refractivity contribution in [2.75, 3.05) is 19.6 Å². The Morgan fingerprint density at radius 1 is 1.18 bits per heavy atom. The summed E-state index contributed by atoms with van der Waals surface area (Å²) in [7, 11) is 0. The van der Waals surface area contributed by atoms with Crippen molar-refractivity contribution in [1.29, 1.82) is 0 Å². The van der Waals surface area contributed by atoms with Crippen LogP contribution in [-0.2, 0) is 10.2 Å². The van der Waals surface area contributed by atoms with E-state index >= 15 is 0 Å². The minimum atomic E-state index is -0.0516. The number of carbonyl (C=O) groups is 1. The average Bonchev–Trinajstić information content (AvgIpc) is 3.04. The molecule has 0 radical (unpaired) electrons. The van der Waals surface area contributed by atoms with Crippen LogP contribution in [0.5, 0.6) is 0 Å². The Morgan fingerprint density at radius 3 is 2.32 bits per heavy atom. The van der Waals surface area contributed by atoms with E-state index in [2.05, 4.69) is 54.4 Å². The Kier molecular flexibility index (Phi) is 6.01. The second kappa shape index (κ2) is 7.77. The lowest BCUT2D eigenvalue weighted by Gasteiger charge is -2.32. The van der Waals surface area contributed by atoms with Gasteiger partial charge in [-0.1, -0.05) is 57.0 Å². The van der Waals surface area contributed by atoms with Gasteiger partial charge in [0.2, 0.25) is 5.91 Å². The van der Waals surface area contributed by atoms with E-state index in [0.717, 1.165) is 19.6 Å². The first kappa shape index (κ1) is 17.0. The van der Waals surface area contributed by atoms with Crippen molar-refractivity contribution in [2.45, 2.75) is 57.9 Å². The number of carbonyl (C=O) groups excluding carboxylic acids is 1. The van der Waals surface area contributed by atoms with Gasteiger partial charge in [-0.3, -0.25) is 9.69 Å². The third-order valence-corrected chi connectivity index (χ3v) is 5.29. The van der Waals surface area contributed by atoms with E-state index < -0.39 is 0 Å². The topological polar surface area (TPSA) is 32.3 Å². The second-order valence-corrected chi connectivity index (χ2v) is 6.47. The van der Waals surface area contributed by atoms with Crippen molar-refractivity contribution < 1.29 is 4.79 Å². The van der Waals surface area contributed by atoms with E-state index in [1.54, 1.807) is 0 Å². The highest BCUT2D eigenvalue weighted by Crippen LogP contribution is 2.40. The van der Waals surface area contributed by atoms with Crippen molar-refractivity contribution in [1.82, 2.24) is 10.2 Å². The first-order valence-corrected chi connectivity index (χ1v) is 8.70. The molecule has 0 heterocycles. The number of benzene rings is 1. The zero-order valence-corrected chi connectivity index (χ0v) is 14.3. The monoisotopic (exact) mass is 302 g/mol. The largest absolute Gasteiger partial charge is 0.354 e. The van der Waals surface area contributed by atoms with Crippen molar-refractivity contribution in [2.24, 2.45) is 0 Å². The smallest absolute Gasteiger partial charge is 0.237 e. The van der Waals surface area contributed by atoms with Crippen LogP contribution in [0.2, 0.25) is 0 Å². The summed E-state index contributed by atoms with van der Waals surface area (Å²) >= 11 is 0. The zero-order chi connectivity index (χ0) is 16.0. The first-order valence-electron chi connectivity index (χ1n) is 8.70. The standard InChI is InChI=1S/C19H30N2O/c1-4-21(5-2)16(3)18(22)20-15-19(13-9-10-14-19)17-11-7-6-8-12-17/h6-8,11-12,16H,4-5,9-10,13-15H2,1-3H3,(H,20,22)/t16-/m1/s1. The fourth-order valence-electron chi connectivity index (χ4n) is 3.75. The molecule has 3 nitrogen and oxygen atoms in total. The predicted molar refractivity (Wildman–Crippen MR) is 92.0 cm³/mol. The van der Waals surface area contributed by atoms with Crippen molar-refractivity contribution >= 4 is 5.91 Å². The normalized spacial score (nSPS) is 18.4. The highest BCUT2D eigenvalue weighted by atomic mass is 16.2. The van der Waals surface area contributed by atoms with E-state index in [9.17, 15) is 4.79 Å². The van der Waals surface area contributed by atoms with Crippen LogP contribution in [0, 0.1) is 0 Å². The van der Waals surface area contributed by atoms with Crippen molar-refractivity contribution in [3.8, 4) is 0 Å². The molecule has 0 aliphatic heterocycles. The number of likely N-dealkylation sites (N-methyl/N-ethyl adjacent to an activating group) is 1. The van der Waals surface area contributed by atoms with Crippen LogP contribution in [0.15, 0.2) is 30.3 Å². The van der Waals surface area contributed by atoms with Crippen molar-refractivity contribution in [3.63, 3.8) is 0 Å². The third kappa shape index (κ3) is 3.70. The number of hydrogen-bond acceptors (Lipinski definition) is 2. The Balaban J connectivity index is 2.03. The molecule has 0 spiro atoms. The highest BCUT2D eigenvalue weighted by molar-refractivity contribution is 5.81.